The van der Waals surface area contributed by atoms with Gasteiger partial charge in [0.1, 0.15) is 0 Å². The molecule has 1 aliphatic rings. The van der Waals surface area contributed by atoms with E-state index in [-0.39, 0.29) is 20.4 Å². The minimum absolute atomic E-state index is 0.121. The SMILES string of the molecule is CC(C)(C)C1=NC=C(c2ccccc2)c2ccccc2[Se]1. The average molecular weight is 340 g/mol. The first kappa shape index (κ1) is 14.3. The van der Waals surface area contributed by atoms with Crippen LogP contribution < -0.4 is 4.46 Å². The van der Waals surface area contributed by atoms with Crippen LogP contribution in [0.5, 0.6) is 0 Å². The van der Waals surface area contributed by atoms with Crippen molar-refractivity contribution >= 4 is 29.6 Å². The Hall–Kier alpha value is -1.63. The van der Waals surface area contributed by atoms with Crippen molar-refractivity contribution in [3.8, 4) is 0 Å². The maximum atomic E-state index is 4.85. The summed E-state index contributed by atoms with van der Waals surface area (Å²) in [5.41, 5.74) is 3.91. The molecule has 0 atom stereocenters. The van der Waals surface area contributed by atoms with Gasteiger partial charge in [0, 0.05) is 0 Å². The van der Waals surface area contributed by atoms with Crippen molar-refractivity contribution < 1.29 is 0 Å². The van der Waals surface area contributed by atoms with Crippen molar-refractivity contribution in [1.29, 1.82) is 0 Å². The maximum absolute atomic E-state index is 4.85. The molecule has 106 valence electrons. The number of hydrogen-bond acceptors (Lipinski definition) is 1. The summed E-state index contributed by atoms with van der Waals surface area (Å²) in [6, 6.07) is 19.3. The third-order valence-electron chi connectivity index (χ3n) is 3.42. The molecule has 0 N–H and O–H groups in total. The molecule has 0 fully saturated rings. The molecule has 0 unspecified atom stereocenters. The fourth-order valence-corrected chi connectivity index (χ4v) is 4.51. The first-order valence-electron chi connectivity index (χ1n) is 7.17. The van der Waals surface area contributed by atoms with E-state index < -0.39 is 0 Å². The molecule has 0 saturated heterocycles. The van der Waals surface area contributed by atoms with Crippen molar-refractivity contribution in [2.24, 2.45) is 10.4 Å². The number of rotatable bonds is 1. The molecule has 2 aromatic carbocycles. The Morgan fingerprint density at radius 3 is 2.24 bits per heavy atom. The molecule has 0 aliphatic carbocycles. The van der Waals surface area contributed by atoms with Gasteiger partial charge in [-0.1, -0.05) is 0 Å². The topological polar surface area (TPSA) is 12.4 Å². The van der Waals surface area contributed by atoms with Gasteiger partial charge in [-0.3, -0.25) is 0 Å². The summed E-state index contributed by atoms with van der Waals surface area (Å²) in [7, 11) is 0. The molecular formula is C19H19NSe. The van der Waals surface area contributed by atoms with Gasteiger partial charge in [0.15, 0.2) is 0 Å². The molecule has 1 aliphatic heterocycles. The first-order valence-corrected chi connectivity index (χ1v) is 8.88. The Morgan fingerprint density at radius 2 is 1.52 bits per heavy atom. The second-order valence-corrected chi connectivity index (χ2v) is 8.35. The van der Waals surface area contributed by atoms with Crippen LogP contribution >= 0.6 is 0 Å². The summed E-state index contributed by atoms with van der Waals surface area (Å²) in [5.74, 6) is 0. The zero-order valence-corrected chi connectivity index (χ0v) is 14.3. The van der Waals surface area contributed by atoms with Crippen LogP contribution in [-0.2, 0) is 0 Å². The molecular weight excluding hydrogens is 321 g/mol. The fraction of sp³-hybridized carbons (Fsp3) is 0.211. The van der Waals surface area contributed by atoms with E-state index in [0.29, 0.717) is 0 Å². The van der Waals surface area contributed by atoms with Crippen molar-refractivity contribution in [3.63, 3.8) is 0 Å². The number of fused-ring (bicyclic) bond motifs is 1. The van der Waals surface area contributed by atoms with E-state index in [4.69, 9.17) is 4.99 Å². The summed E-state index contributed by atoms with van der Waals surface area (Å²) in [6.45, 7) is 6.74. The van der Waals surface area contributed by atoms with Crippen LogP contribution in [-0.4, -0.2) is 19.6 Å². The van der Waals surface area contributed by atoms with Crippen molar-refractivity contribution in [2.45, 2.75) is 20.8 Å². The van der Waals surface area contributed by atoms with Gasteiger partial charge in [0.2, 0.25) is 0 Å². The monoisotopic (exact) mass is 341 g/mol. The molecule has 1 nitrogen and oxygen atoms in total. The van der Waals surface area contributed by atoms with Gasteiger partial charge in [-0.25, -0.2) is 0 Å². The molecule has 0 amide bonds. The molecule has 0 spiro atoms. The Kier molecular flexibility index (Phi) is 3.84. The van der Waals surface area contributed by atoms with E-state index in [1.165, 1.54) is 25.8 Å². The molecule has 2 heteroatoms. The predicted octanol–water partition coefficient (Wildman–Crippen LogP) is 3.86. The predicted molar refractivity (Wildman–Crippen MR) is 92.2 cm³/mol. The second kappa shape index (κ2) is 5.63. The second-order valence-electron chi connectivity index (χ2n) is 6.19. The van der Waals surface area contributed by atoms with Gasteiger partial charge in [0.05, 0.1) is 0 Å². The van der Waals surface area contributed by atoms with Gasteiger partial charge in [0.25, 0.3) is 0 Å². The van der Waals surface area contributed by atoms with Gasteiger partial charge >= 0.3 is 133 Å². The number of aliphatic imine (C=N–C) groups is 1. The van der Waals surface area contributed by atoms with Crippen LogP contribution in [0.25, 0.3) is 5.57 Å². The van der Waals surface area contributed by atoms with E-state index in [9.17, 15) is 0 Å². The third-order valence-corrected chi connectivity index (χ3v) is 6.54. The first-order chi connectivity index (χ1) is 10.1. The molecule has 0 aromatic heterocycles. The molecule has 0 bridgehead atoms. The summed E-state index contributed by atoms with van der Waals surface area (Å²) >= 11 is 0.280. The molecule has 2 aromatic rings. The molecule has 3 rings (SSSR count). The van der Waals surface area contributed by atoms with Crippen LogP contribution in [0.15, 0.2) is 65.8 Å². The zero-order valence-electron chi connectivity index (χ0n) is 12.6. The standard InChI is InChI=1S/C19H19NSe/c1-19(2,3)18-20-13-16(14-9-5-4-6-10-14)15-11-7-8-12-17(15)21-18/h4-13H,1-3H3. The van der Waals surface area contributed by atoms with Crippen molar-refractivity contribution in [3.05, 3.63) is 71.9 Å². The van der Waals surface area contributed by atoms with Crippen LogP contribution in [0.1, 0.15) is 31.9 Å². The number of nitrogens with zero attached hydrogens (tertiary/aromatic N) is 1. The Morgan fingerprint density at radius 1 is 0.857 bits per heavy atom. The fourth-order valence-electron chi connectivity index (χ4n) is 2.30. The average Bonchev–Trinajstić information content (AvgIpc) is 2.67. The zero-order chi connectivity index (χ0) is 14.9. The molecule has 21 heavy (non-hydrogen) atoms. The Bertz CT molecular complexity index is 706. The molecule has 0 radical (unpaired) electrons. The van der Waals surface area contributed by atoms with Gasteiger partial charge in [-0.2, -0.15) is 0 Å². The number of hydrogen-bond donors (Lipinski definition) is 0. The normalized spacial score (nSPS) is 14.8. The van der Waals surface area contributed by atoms with Crippen LogP contribution in [0.3, 0.4) is 0 Å². The quantitative estimate of drug-likeness (QED) is 0.699. The van der Waals surface area contributed by atoms with E-state index in [2.05, 4.69) is 81.6 Å². The van der Waals surface area contributed by atoms with Crippen molar-refractivity contribution in [1.82, 2.24) is 0 Å². The Balaban J connectivity index is 2.18. The molecule has 1 heterocycles. The van der Waals surface area contributed by atoms with Gasteiger partial charge < -0.3 is 0 Å². The summed E-state index contributed by atoms with van der Waals surface area (Å²) in [5, 5.41) is 0. The van der Waals surface area contributed by atoms with Crippen LogP contribution in [0.2, 0.25) is 0 Å². The van der Waals surface area contributed by atoms with Crippen LogP contribution in [0, 0.1) is 5.41 Å². The Labute approximate surface area is 133 Å². The minimum atomic E-state index is 0.121. The van der Waals surface area contributed by atoms with E-state index >= 15 is 0 Å². The van der Waals surface area contributed by atoms with E-state index in [1.807, 2.05) is 0 Å². The van der Waals surface area contributed by atoms with E-state index in [0.717, 1.165) is 0 Å². The van der Waals surface area contributed by atoms with E-state index in [1.54, 1.807) is 0 Å². The molecule has 0 saturated carbocycles. The summed E-state index contributed by atoms with van der Waals surface area (Å²) < 4.78 is 2.72. The van der Waals surface area contributed by atoms with Gasteiger partial charge in [-0.05, 0) is 0 Å². The van der Waals surface area contributed by atoms with Crippen molar-refractivity contribution in [2.75, 3.05) is 0 Å². The summed E-state index contributed by atoms with van der Waals surface area (Å²) in [6.07, 6.45) is 2.06. The van der Waals surface area contributed by atoms with Crippen LogP contribution in [0.4, 0.5) is 0 Å². The third kappa shape index (κ3) is 3.02. The number of benzene rings is 2. The summed E-state index contributed by atoms with van der Waals surface area (Å²) in [4.78, 5) is 4.85. The van der Waals surface area contributed by atoms with Gasteiger partial charge in [-0.15, -0.1) is 0 Å².